The minimum absolute atomic E-state index is 0.0458. The molecule has 0 aromatic heterocycles. The van der Waals surface area contributed by atoms with Gasteiger partial charge in [0, 0.05) is 11.9 Å². The lowest BCUT2D eigenvalue weighted by Crippen LogP contribution is -2.29. The Hall–Kier alpha value is -3.48. The topological polar surface area (TPSA) is 35.9 Å². The predicted octanol–water partition coefficient (Wildman–Crippen LogP) is 7.33. The molecule has 2 heterocycles. The van der Waals surface area contributed by atoms with Crippen LogP contribution in [0.5, 0.6) is 0 Å². The van der Waals surface area contributed by atoms with Crippen molar-refractivity contribution in [2.45, 2.75) is 11.8 Å². The Kier molecular flexibility index (Phi) is 5.20. The molecule has 0 radical (unpaired) electrons. The minimum Gasteiger partial charge on any atom is -0.337 e. The van der Waals surface area contributed by atoms with Gasteiger partial charge in [0.1, 0.15) is 4.91 Å². The van der Waals surface area contributed by atoms with Crippen molar-refractivity contribution in [1.82, 2.24) is 0 Å². The first-order valence-electron chi connectivity index (χ1n) is 11.0. The van der Waals surface area contributed by atoms with E-state index in [1.165, 1.54) is 17.1 Å². The normalized spacial score (nSPS) is 18.9. The number of amides is 1. The molecule has 0 spiro atoms. The smallest absolute Gasteiger partial charge is 0.274 e. The van der Waals surface area contributed by atoms with Crippen molar-refractivity contribution in [2.24, 2.45) is 4.99 Å². The molecule has 2 aliphatic rings. The molecule has 4 aromatic carbocycles. The summed E-state index contributed by atoms with van der Waals surface area (Å²) < 4.78 is 0. The number of fused-ring (bicyclic) bond motifs is 2. The first kappa shape index (κ1) is 21.1. The van der Waals surface area contributed by atoms with Crippen LogP contribution in [0.4, 0.5) is 17.1 Å². The van der Waals surface area contributed by atoms with Gasteiger partial charge in [-0.25, -0.2) is 4.99 Å². The van der Waals surface area contributed by atoms with Gasteiger partial charge in [0.05, 0.1) is 22.1 Å². The molecule has 0 unspecified atom stereocenters. The van der Waals surface area contributed by atoms with E-state index in [0.717, 1.165) is 37.9 Å². The van der Waals surface area contributed by atoms with E-state index in [1.807, 2.05) is 68.6 Å². The van der Waals surface area contributed by atoms with Crippen molar-refractivity contribution in [1.29, 1.82) is 0 Å². The van der Waals surface area contributed by atoms with E-state index < -0.39 is 0 Å². The van der Waals surface area contributed by atoms with Gasteiger partial charge in [-0.1, -0.05) is 71.9 Å². The van der Waals surface area contributed by atoms with Gasteiger partial charge in [0.2, 0.25) is 0 Å². The van der Waals surface area contributed by atoms with Crippen LogP contribution < -0.4 is 9.80 Å². The second-order valence-electron chi connectivity index (χ2n) is 8.27. The number of carbonyl (C=O) groups excluding carboxylic acids is 1. The molecule has 0 saturated carbocycles. The van der Waals surface area contributed by atoms with Crippen LogP contribution in [0.25, 0.3) is 10.8 Å². The average molecular weight is 480 g/mol. The van der Waals surface area contributed by atoms with E-state index in [2.05, 4.69) is 41.3 Å². The maximum absolute atomic E-state index is 13.8. The molecule has 0 aliphatic carbocycles. The van der Waals surface area contributed by atoms with Gasteiger partial charge in [-0.3, -0.25) is 9.69 Å². The zero-order valence-electron chi connectivity index (χ0n) is 18.7. The van der Waals surface area contributed by atoms with Gasteiger partial charge in [-0.2, -0.15) is 0 Å². The summed E-state index contributed by atoms with van der Waals surface area (Å²) in [6, 6.07) is 30.6. The molecule has 4 aromatic rings. The number of anilines is 2. The molecule has 6 heteroatoms. The largest absolute Gasteiger partial charge is 0.337 e. The zero-order chi connectivity index (χ0) is 23.2. The molecule has 34 heavy (non-hydrogen) atoms. The van der Waals surface area contributed by atoms with Gasteiger partial charge in [-0.15, -0.1) is 0 Å². The monoisotopic (exact) mass is 479 g/mol. The summed E-state index contributed by atoms with van der Waals surface area (Å²) >= 11 is 3.08. The Morgan fingerprint density at radius 1 is 0.794 bits per heavy atom. The van der Waals surface area contributed by atoms with Crippen LogP contribution in [0.1, 0.15) is 5.56 Å². The summed E-state index contributed by atoms with van der Waals surface area (Å²) in [6.45, 7) is 2.04. The molecule has 1 saturated heterocycles. The summed E-state index contributed by atoms with van der Waals surface area (Å²) in [5.74, 6) is -0.0458. The third-order valence-electron chi connectivity index (χ3n) is 5.96. The number of hydrogen-bond acceptors (Lipinski definition) is 5. The van der Waals surface area contributed by atoms with Crippen LogP contribution in [0.2, 0.25) is 0 Å². The SMILES string of the molecule is Cc1ccc(N2C(=O)/C(=C3/Sc4ccccc4N3C)SC2=Nc2ccc3ccccc3c2)cc1. The van der Waals surface area contributed by atoms with Crippen molar-refractivity contribution in [2.75, 3.05) is 16.8 Å². The number of para-hydroxylation sites is 1. The van der Waals surface area contributed by atoms with E-state index >= 15 is 0 Å². The van der Waals surface area contributed by atoms with Crippen molar-refractivity contribution < 1.29 is 4.79 Å². The highest BCUT2D eigenvalue weighted by Gasteiger charge is 2.40. The lowest BCUT2D eigenvalue weighted by atomic mass is 10.1. The molecular formula is C28H21N3OS2. The fourth-order valence-corrected chi connectivity index (χ4v) is 6.50. The molecular weight excluding hydrogens is 458 g/mol. The number of amidine groups is 1. The molecule has 0 atom stereocenters. The molecule has 1 fully saturated rings. The van der Waals surface area contributed by atoms with E-state index in [4.69, 9.17) is 4.99 Å². The Bertz CT molecular complexity index is 1510. The van der Waals surface area contributed by atoms with Crippen molar-refractivity contribution >= 4 is 62.4 Å². The molecule has 2 aliphatic heterocycles. The maximum Gasteiger partial charge on any atom is 0.274 e. The standard InChI is InChI=1S/C28H21N3OS2/c1-18-11-15-22(16-12-18)31-26(32)25(27-30(2)23-9-5-6-10-24(23)33-27)34-28(31)29-21-14-13-19-7-3-4-8-20(19)17-21/h3-17H,1-2H3/b27-25-,29-28?. The lowest BCUT2D eigenvalue weighted by molar-refractivity contribution is -0.113. The molecule has 0 N–H and O–H groups in total. The minimum atomic E-state index is -0.0458. The summed E-state index contributed by atoms with van der Waals surface area (Å²) in [6.07, 6.45) is 0. The number of nitrogens with zero attached hydrogens (tertiary/aromatic N) is 3. The van der Waals surface area contributed by atoms with Crippen LogP contribution in [0, 0.1) is 6.92 Å². The number of thioether (sulfide) groups is 2. The third-order valence-corrected chi connectivity index (χ3v) is 8.36. The predicted molar refractivity (Wildman–Crippen MR) is 145 cm³/mol. The number of benzene rings is 4. The van der Waals surface area contributed by atoms with E-state index in [-0.39, 0.29) is 5.91 Å². The van der Waals surface area contributed by atoms with Gasteiger partial charge in [-0.05, 0) is 65.9 Å². The highest BCUT2D eigenvalue weighted by Crippen LogP contribution is 2.50. The summed E-state index contributed by atoms with van der Waals surface area (Å²) in [5, 5.41) is 3.90. The number of hydrogen-bond donors (Lipinski definition) is 0. The van der Waals surface area contributed by atoms with Crippen molar-refractivity contribution in [3.05, 3.63) is 106 Å². The Morgan fingerprint density at radius 3 is 2.32 bits per heavy atom. The van der Waals surface area contributed by atoms with Crippen molar-refractivity contribution in [3.63, 3.8) is 0 Å². The first-order chi connectivity index (χ1) is 16.6. The van der Waals surface area contributed by atoms with Crippen LogP contribution in [-0.2, 0) is 4.79 Å². The van der Waals surface area contributed by atoms with Gasteiger partial charge in [0.25, 0.3) is 5.91 Å². The van der Waals surface area contributed by atoms with Crippen LogP contribution in [-0.4, -0.2) is 18.1 Å². The second kappa shape index (κ2) is 8.38. The summed E-state index contributed by atoms with van der Waals surface area (Å²) in [7, 11) is 2.02. The molecule has 166 valence electrons. The number of rotatable bonds is 2. The van der Waals surface area contributed by atoms with Gasteiger partial charge in [0.15, 0.2) is 5.17 Å². The first-order valence-corrected chi connectivity index (χ1v) is 12.6. The Labute approximate surface area is 207 Å². The number of carbonyl (C=O) groups is 1. The number of aryl methyl sites for hydroxylation is 1. The Morgan fingerprint density at radius 2 is 1.53 bits per heavy atom. The summed E-state index contributed by atoms with van der Waals surface area (Å²) in [5.41, 5.74) is 3.91. The molecule has 0 bridgehead atoms. The zero-order valence-corrected chi connectivity index (χ0v) is 20.4. The van der Waals surface area contributed by atoms with E-state index in [9.17, 15) is 4.79 Å². The van der Waals surface area contributed by atoms with Crippen molar-refractivity contribution in [3.8, 4) is 0 Å². The number of aliphatic imine (C=N–C) groups is 1. The van der Waals surface area contributed by atoms with Gasteiger partial charge < -0.3 is 4.90 Å². The fraction of sp³-hybridized carbons (Fsp3) is 0.0714. The highest BCUT2D eigenvalue weighted by molar-refractivity contribution is 8.20. The lowest BCUT2D eigenvalue weighted by Gasteiger charge is -2.17. The van der Waals surface area contributed by atoms with E-state index in [0.29, 0.717) is 10.1 Å². The molecule has 1 amide bonds. The summed E-state index contributed by atoms with van der Waals surface area (Å²) in [4.78, 5) is 24.5. The quantitative estimate of drug-likeness (QED) is 0.282. The maximum atomic E-state index is 13.8. The van der Waals surface area contributed by atoms with Crippen LogP contribution in [0.15, 0.2) is 111 Å². The van der Waals surface area contributed by atoms with Gasteiger partial charge >= 0.3 is 0 Å². The van der Waals surface area contributed by atoms with E-state index in [1.54, 1.807) is 16.7 Å². The molecule has 4 nitrogen and oxygen atoms in total. The average Bonchev–Trinajstić information content (AvgIpc) is 3.36. The van der Waals surface area contributed by atoms with Crippen LogP contribution in [0.3, 0.4) is 0 Å². The third kappa shape index (κ3) is 3.59. The second-order valence-corrected chi connectivity index (χ2v) is 10.3. The molecule has 6 rings (SSSR count). The fourth-order valence-electron chi connectivity index (χ4n) is 4.16. The highest BCUT2D eigenvalue weighted by atomic mass is 32.2. The Balaban J connectivity index is 1.47. The van der Waals surface area contributed by atoms with Crippen LogP contribution >= 0.6 is 23.5 Å².